The van der Waals surface area contributed by atoms with Gasteiger partial charge in [0.25, 0.3) is 0 Å². The van der Waals surface area contributed by atoms with Crippen molar-refractivity contribution in [3.63, 3.8) is 0 Å². The van der Waals surface area contributed by atoms with Gasteiger partial charge in [0.05, 0.1) is 11.8 Å². The lowest BCUT2D eigenvalue weighted by molar-refractivity contribution is -0.144. The molecule has 0 unspecified atom stereocenters. The predicted octanol–water partition coefficient (Wildman–Crippen LogP) is 5.33. The maximum atomic E-state index is 14.0. The molecule has 1 N–H and O–H groups in total. The summed E-state index contributed by atoms with van der Waals surface area (Å²) in [6.07, 6.45) is 9.08. The molecule has 1 heterocycles. The molecule has 2 fully saturated rings. The number of likely N-dealkylation sites (tertiary alicyclic amines) is 1. The van der Waals surface area contributed by atoms with Gasteiger partial charge in [0, 0.05) is 47.6 Å². The molecule has 3 aliphatic rings. The van der Waals surface area contributed by atoms with Crippen LogP contribution in [0.4, 0.5) is 0 Å². The quantitative estimate of drug-likeness (QED) is 0.297. The summed E-state index contributed by atoms with van der Waals surface area (Å²) in [5.41, 5.74) is 1.45. The predicted molar refractivity (Wildman–Crippen MR) is 158 cm³/mol. The molecule has 0 radical (unpaired) electrons. The van der Waals surface area contributed by atoms with E-state index in [0.29, 0.717) is 34.9 Å². The van der Waals surface area contributed by atoms with Crippen molar-refractivity contribution in [1.82, 2.24) is 15.1 Å². The molecule has 2 aromatic carbocycles. The molecule has 1 saturated heterocycles. The van der Waals surface area contributed by atoms with Crippen molar-refractivity contribution in [2.75, 3.05) is 6.54 Å². The van der Waals surface area contributed by atoms with Gasteiger partial charge in [-0.25, -0.2) is 0 Å². The molecule has 3 atom stereocenters. The van der Waals surface area contributed by atoms with E-state index in [9.17, 15) is 19.2 Å². The summed E-state index contributed by atoms with van der Waals surface area (Å²) in [5.74, 6) is -1.75. The SMILES string of the molecule is O=C(NC1CCCC1)[C@@H](Cc1ccccc1)N(Cc1c(Cl)cccc1Cl)C(=O)CCN1C(=O)[C@H]2CC=CC[C@H]2C1=O. The van der Waals surface area contributed by atoms with Crippen molar-refractivity contribution in [2.45, 2.75) is 70.0 Å². The van der Waals surface area contributed by atoms with E-state index in [1.165, 1.54) is 9.80 Å². The van der Waals surface area contributed by atoms with Gasteiger partial charge in [-0.15, -0.1) is 0 Å². The zero-order chi connectivity index (χ0) is 28.9. The van der Waals surface area contributed by atoms with E-state index in [1.54, 1.807) is 18.2 Å². The molecule has 216 valence electrons. The van der Waals surface area contributed by atoms with Gasteiger partial charge in [0.2, 0.25) is 23.6 Å². The zero-order valence-corrected chi connectivity index (χ0v) is 24.4. The fourth-order valence-corrected chi connectivity index (χ4v) is 6.73. The Bertz CT molecular complexity index is 1280. The molecular weight excluding hydrogens is 561 g/mol. The molecule has 0 bridgehead atoms. The lowest BCUT2D eigenvalue weighted by atomic mass is 9.85. The maximum absolute atomic E-state index is 14.0. The Morgan fingerprint density at radius 2 is 1.51 bits per heavy atom. The minimum atomic E-state index is -0.838. The largest absolute Gasteiger partial charge is 0.352 e. The molecule has 5 rings (SSSR count). The van der Waals surface area contributed by atoms with E-state index in [1.807, 2.05) is 42.5 Å². The molecule has 9 heteroatoms. The summed E-state index contributed by atoms with van der Waals surface area (Å²) in [4.78, 5) is 56.7. The number of rotatable bonds is 10. The molecule has 1 saturated carbocycles. The van der Waals surface area contributed by atoms with Crippen molar-refractivity contribution in [2.24, 2.45) is 11.8 Å². The van der Waals surface area contributed by atoms with E-state index < -0.39 is 6.04 Å². The first-order chi connectivity index (χ1) is 19.8. The average molecular weight is 597 g/mol. The number of imide groups is 1. The third-order valence-electron chi connectivity index (χ3n) is 8.51. The number of hydrogen-bond donors (Lipinski definition) is 1. The van der Waals surface area contributed by atoms with Gasteiger partial charge in [0.1, 0.15) is 6.04 Å². The maximum Gasteiger partial charge on any atom is 0.243 e. The van der Waals surface area contributed by atoms with Crippen LogP contribution in [0, 0.1) is 11.8 Å². The number of fused-ring (bicyclic) bond motifs is 1. The van der Waals surface area contributed by atoms with Gasteiger partial charge >= 0.3 is 0 Å². The highest BCUT2D eigenvalue weighted by Gasteiger charge is 2.47. The lowest BCUT2D eigenvalue weighted by Gasteiger charge is -2.33. The third kappa shape index (κ3) is 6.68. The fraction of sp³-hybridized carbons (Fsp3) is 0.438. The summed E-state index contributed by atoms with van der Waals surface area (Å²) in [6.45, 7) is -0.0114. The van der Waals surface area contributed by atoms with Crippen LogP contribution in [0.1, 0.15) is 56.1 Å². The fourth-order valence-electron chi connectivity index (χ4n) is 6.22. The topological polar surface area (TPSA) is 86.8 Å². The highest BCUT2D eigenvalue weighted by molar-refractivity contribution is 6.36. The number of nitrogens with one attached hydrogen (secondary N) is 1. The Balaban J connectivity index is 1.42. The molecule has 1 aliphatic heterocycles. The first-order valence-corrected chi connectivity index (χ1v) is 15.2. The van der Waals surface area contributed by atoms with Crippen LogP contribution in [0.25, 0.3) is 0 Å². The second-order valence-electron chi connectivity index (χ2n) is 11.2. The van der Waals surface area contributed by atoms with Crippen molar-refractivity contribution < 1.29 is 19.2 Å². The van der Waals surface area contributed by atoms with Crippen LogP contribution < -0.4 is 5.32 Å². The summed E-state index contributed by atoms with van der Waals surface area (Å²) in [6, 6.07) is 13.9. The van der Waals surface area contributed by atoms with Crippen molar-refractivity contribution in [1.29, 1.82) is 0 Å². The summed E-state index contributed by atoms with van der Waals surface area (Å²) >= 11 is 13.0. The van der Waals surface area contributed by atoms with Crippen molar-refractivity contribution in [3.05, 3.63) is 81.9 Å². The Morgan fingerprint density at radius 1 is 0.902 bits per heavy atom. The van der Waals surface area contributed by atoms with E-state index >= 15 is 0 Å². The van der Waals surface area contributed by atoms with E-state index in [4.69, 9.17) is 23.2 Å². The van der Waals surface area contributed by atoms with Crippen LogP contribution in [-0.4, -0.2) is 52.1 Å². The number of halogens is 2. The molecule has 0 aromatic heterocycles. The van der Waals surface area contributed by atoms with Crippen LogP contribution in [0.3, 0.4) is 0 Å². The molecule has 4 amide bonds. The molecule has 2 aliphatic carbocycles. The molecule has 7 nitrogen and oxygen atoms in total. The summed E-state index contributed by atoms with van der Waals surface area (Å²) in [7, 11) is 0. The smallest absolute Gasteiger partial charge is 0.243 e. The second-order valence-corrected chi connectivity index (χ2v) is 12.0. The Morgan fingerprint density at radius 3 is 2.12 bits per heavy atom. The summed E-state index contributed by atoms with van der Waals surface area (Å²) in [5, 5.41) is 3.96. The summed E-state index contributed by atoms with van der Waals surface area (Å²) < 4.78 is 0. The third-order valence-corrected chi connectivity index (χ3v) is 9.22. The number of carbonyl (C=O) groups is 4. The van der Waals surface area contributed by atoms with Gasteiger partial charge in [-0.05, 0) is 43.4 Å². The van der Waals surface area contributed by atoms with Crippen LogP contribution in [0.5, 0.6) is 0 Å². The Hall–Kier alpha value is -3.16. The van der Waals surface area contributed by atoms with Crippen molar-refractivity contribution in [3.8, 4) is 0 Å². The van der Waals surface area contributed by atoms with Crippen molar-refractivity contribution >= 4 is 46.8 Å². The van der Waals surface area contributed by atoms with Crippen LogP contribution in [0.15, 0.2) is 60.7 Å². The van der Waals surface area contributed by atoms with Crippen LogP contribution in [0.2, 0.25) is 10.0 Å². The molecule has 41 heavy (non-hydrogen) atoms. The molecule has 2 aromatic rings. The minimum absolute atomic E-state index is 0.0178. The van der Waals surface area contributed by atoms with Gasteiger partial charge in [-0.2, -0.15) is 0 Å². The monoisotopic (exact) mass is 595 g/mol. The van der Waals surface area contributed by atoms with E-state index in [2.05, 4.69) is 5.32 Å². The number of nitrogens with zero attached hydrogens (tertiary/aromatic N) is 2. The number of allylic oxidation sites excluding steroid dienone is 2. The van der Waals surface area contributed by atoms with E-state index in [-0.39, 0.29) is 61.0 Å². The molecular formula is C32H35Cl2N3O4. The molecule has 0 spiro atoms. The lowest BCUT2D eigenvalue weighted by Crippen LogP contribution is -2.52. The van der Waals surface area contributed by atoms with Crippen LogP contribution in [-0.2, 0) is 32.1 Å². The van der Waals surface area contributed by atoms with E-state index in [0.717, 1.165) is 31.2 Å². The highest BCUT2D eigenvalue weighted by atomic mass is 35.5. The van der Waals surface area contributed by atoms with Crippen LogP contribution >= 0.6 is 23.2 Å². The first kappa shape index (κ1) is 29.3. The highest BCUT2D eigenvalue weighted by Crippen LogP contribution is 2.35. The second kappa shape index (κ2) is 13.2. The first-order valence-electron chi connectivity index (χ1n) is 14.4. The average Bonchev–Trinajstić information content (AvgIpc) is 3.57. The van der Waals surface area contributed by atoms with Gasteiger partial charge < -0.3 is 10.2 Å². The van der Waals surface area contributed by atoms with Gasteiger partial charge in [-0.3, -0.25) is 24.1 Å². The normalized spacial score (nSPS) is 21.2. The number of hydrogen-bond acceptors (Lipinski definition) is 4. The Labute approximate surface area is 250 Å². The standard InChI is InChI=1S/C32H35Cl2N3O4/c33-26-15-8-16-27(34)25(26)20-37(29(38)17-18-36-31(40)23-13-6-7-14-24(23)32(36)41)28(19-21-9-2-1-3-10-21)30(39)35-22-11-4-5-12-22/h1-3,6-10,15-16,22-24,28H,4-5,11-14,17-20H2,(H,35,39)/t23-,24+,28-/m1/s1. The van der Waals surface area contributed by atoms with Gasteiger partial charge in [-0.1, -0.05) is 84.6 Å². The minimum Gasteiger partial charge on any atom is -0.352 e. The van der Waals surface area contributed by atoms with Gasteiger partial charge in [0.15, 0.2) is 0 Å². The number of carbonyl (C=O) groups excluding carboxylic acids is 4. The number of amides is 4. The number of benzene rings is 2. The Kier molecular flexibility index (Phi) is 9.46. The zero-order valence-electron chi connectivity index (χ0n) is 22.9.